The van der Waals surface area contributed by atoms with E-state index in [0.717, 1.165) is 17.7 Å². The van der Waals surface area contributed by atoms with Gasteiger partial charge in [0.1, 0.15) is 11.6 Å². The number of halogens is 2. The molecule has 0 spiro atoms. The Balaban J connectivity index is 1.91. The van der Waals surface area contributed by atoms with Crippen molar-refractivity contribution in [3.63, 3.8) is 0 Å². The summed E-state index contributed by atoms with van der Waals surface area (Å²) in [6.45, 7) is 0. The topological polar surface area (TPSA) is 21.3 Å². The molecule has 21 heavy (non-hydrogen) atoms. The van der Waals surface area contributed by atoms with Gasteiger partial charge in [0.25, 0.3) is 0 Å². The molecule has 0 bridgehead atoms. The number of thioether (sulfide) groups is 1. The Morgan fingerprint density at radius 3 is 2.95 bits per heavy atom. The average molecular weight is 324 g/mol. The van der Waals surface area contributed by atoms with Crippen molar-refractivity contribution in [2.24, 2.45) is 0 Å². The Bertz CT molecular complexity index is 665. The highest BCUT2D eigenvalue weighted by Crippen LogP contribution is 2.39. The fraction of sp³-hybridized carbons (Fsp3) is 0.250. The summed E-state index contributed by atoms with van der Waals surface area (Å²) in [4.78, 5) is 1.20. The quantitative estimate of drug-likeness (QED) is 0.845. The highest BCUT2D eigenvalue weighted by Gasteiger charge is 2.22. The monoisotopic (exact) mass is 323 g/mol. The fourth-order valence-electron chi connectivity index (χ4n) is 2.44. The Kier molecular flexibility index (Phi) is 4.27. The van der Waals surface area contributed by atoms with Gasteiger partial charge >= 0.3 is 0 Å². The molecule has 0 aromatic heterocycles. The van der Waals surface area contributed by atoms with Crippen molar-refractivity contribution in [3.8, 4) is 5.75 Å². The molecule has 1 unspecified atom stereocenters. The molecule has 2 aromatic carbocycles. The van der Waals surface area contributed by atoms with Crippen molar-refractivity contribution in [3.05, 3.63) is 52.8 Å². The van der Waals surface area contributed by atoms with Gasteiger partial charge in [-0.05, 0) is 42.3 Å². The predicted octanol–water partition coefficient (Wildman–Crippen LogP) is 5.14. The van der Waals surface area contributed by atoms with E-state index in [1.54, 1.807) is 31.0 Å². The largest absolute Gasteiger partial charge is 0.497 e. The SMILES string of the molecule is COc1ccc(F)c(NC2CCSc3ccc(Cl)cc32)c1. The number of hydrogen-bond acceptors (Lipinski definition) is 3. The van der Waals surface area contributed by atoms with Crippen LogP contribution >= 0.6 is 23.4 Å². The molecule has 5 heteroatoms. The third-order valence-corrected chi connectivity index (χ3v) is 4.87. The molecule has 1 atom stereocenters. The third-order valence-electron chi connectivity index (χ3n) is 3.51. The minimum Gasteiger partial charge on any atom is -0.497 e. The first-order valence-corrected chi connectivity index (χ1v) is 8.06. The van der Waals surface area contributed by atoms with Crippen molar-refractivity contribution in [1.82, 2.24) is 0 Å². The van der Waals surface area contributed by atoms with E-state index in [1.165, 1.54) is 11.0 Å². The molecule has 0 saturated heterocycles. The number of anilines is 1. The predicted molar refractivity (Wildman–Crippen MR) is 86.1 cm³/mol. The zero-order chi connectivity index (χ0) is 14.8. The lowest BCUT2D eigenvalue weighted by Gasteiger charge is -2.27. The molecular formula is C16H15ClFNOS. The van der Waals surface area contributed by atoms with E-state index in [1.807, 2.05) is 18.2 Å². The van der Waals surface area contributed by atoms with Gasteiger partial charge in [0.15, 0.2) is 0 Å². The molecule has 0 saturated carbocycles. The number of nitrogens with one attached hydrogen (secondary N) is 1. The Hall–Kier alpha value is -1.39. The van der Waals surface area contributed by atoms with Crippen molar-refractivity contribution in [1.29, 1.82) is 0 Å². The molecular weight excluding hydrogens is 309 g/mol. The normalized spacial score (nSPS) is 17.2. The van der Waals surface area contributed by atoms with Gasteiger partial charge in [-0.15, -0.1) is 11.8 Å². The van der Waals surface area contributed by atoms with E-state index in [2.05, 4.69) is 5.32 Å². The molecule has 1 aliphatic rings. The van der Waals surface area contributed by atoms with Gasteiger partial charge in [-0.1, -0.05) is 11.6 Å². The van der Waals surface area contributed by atoms with Crippen LogP contribution in [0.3, 0.4) is 0 Å². The summed E-state index contributed by atoms with van der Waals surface area (Å²) in [5.41, 5.74) is 1.58. The number of fused-ring (bicyclic) bond motifs is 1. The van der Waals surface area contributed by atoms with E-state index in [-0.39, 0.29) is 11.9 Å². The van der Waals surface area contributed by atoms with Crippen LogP contribution in [0.4, 0.5) is 10.1 Å². The molecule has 0 fully saturated rings. The lowest BCUT2D eigenvalue weighted by molar-refractivity contribution is 0.414. The third kappa shape index (κ3) is 3.11. The van der Waals surface area contributed by atoms with Crippen molar-refractivity contribution in [2.45, 2.75) is 17.4 Å². The Morgan fingerprint density at radius 1 is 1.29 bits per heavy atom. The molecule has 3 rings (SSSR count). The zero-order valence-corrected chi connectivity index (χ0v) is 13.1. The van der Waals surface area contributed by atoms with Gasteiger partial charge in [-0.3, -0.25) is 0 Å². The lowest BCUT2D eigenvalue weighted by atomic mass is 10.0. The molecule has 2 nitrogen and oxygen atoms in total. The summed E-state index contributed by atoms with van der Waals surface area (Å²) >= 11 is 7.90. The van der Waals surface area contributed by atoms with Crippen molar-refractivity contribution in [2.75, 3.05) is 18.2 Å². The standard InChI is InChI=1S/C16H15ClFNOS/c1-20-11-3-4-13(18)15(9-11)19-14-6-7-21-16-5-2-10(17)8-12(14)16/h2-5,8-9,14,19H,6-7H2,1H3. The second-order valence-corrected chi connectivity index (χ2v) is 6.44. The maximum absolute atomic E-state index is 14.0. The van der Waals surface area contributed by atoms with E-state index in [0.29, 0.717) is 16.5 Å². The number of hydrogen-bond donors (Lipinski definition) is 1. The summed E-state index contributed by atoms with van der Waals surface area (Å²) in [6.07, 6.45) is 0.925. The summed E-state index contributed by atoms with van der Waals surface area (Å²) in [6, 6.07) is 10.6. The van der Waals surface area contributed by atoms with E-state index in [4.69, 9.17) is 16.3 Å². The van der Waals surface area contributed by atoms with Gasteiger partial charge in [0, 0.05) is 21.7 Å². The van der Waals surface area contributed by atoms with Crippen LogP contribution < -0.4 is 10.1 Å². The maximum atomic E-state index is 14.0. The molecule has 0 radical (unpaired) electrons. The van der Waals surface area contributed by atoms with Gasteiger partial charge in [-0.2, -0.15) is 0 Å². The number of ether oxygens (including phenoxy) is 1. The Labute approximate surface area is 132 Å². The summed E-state index contributed by atoms with van der Waals surface area (Å²) in [5, 5.41) is 3.98. The number of methoxy groups -OCH3 is 1. The molecule has 1 aliphatic heterocycles. The Morgan fingerprint density at radius 2 is 2.14 bits per heavy atom. The lowest BCUT2D eigenvalue weighted by Crippen LogP contribution is -2.16. The highest BCUT2D eigenvalue weighted by atomic mass is 35.5. The number of benzene rings is 2. The van der Waals surface area contributed by atoms with Crippen molar-refractivity contribution >= 4 is 29.1 Å². The molecule has 1 N–H and O–H groups in total. The zero-order valence-electron chi connectivity index (χ0n) is 11.5. The highest BCUT2D eigenvalue weighted by molar-refractivity contribution is 7.99. The van der Waals surface area contributed by atoms with Crippen LogP contribution in [0.25, 0.3) is 0 Å². The molecule has 110 valence electrons. The minimum atomic E-state index is -0.280. The minimum absolute atomic E-state index is 0.0570. The van der Waals surface area contributed by atoms with Gasteiger partial charge in [0.2, 0.25) is 0 Å². The van der Waals surface area contributed by atoms with Crippen LogP contribution in [-0.2, 0) is 0 Å². The summed E-state index contributed by atoms with van der Waals surface area (Å²) in [7, 11) is 1.57. The van der Waals surface area contributed by atoms with Crippen LogP contribution in [0, 0.1) is 5.82 Å². The summed E-state index contributed by atoms with van der Waals surface area (Å²) in [5.74, 6) is 1.35. The first-order valence-electron chi connectivity index (χ1n) is 6.69. The summed E-state index contributed by atoms with van der Waals surface area (Å²) < 4.78 is 19.1. The van der Waals surface area contributed by atoms with Gasteiger partial charge < -0.3 is 10.1 Å². The molecule has 0 aliphatic carbocycles. The molecule has 0 amide bonds. The van der Waals surface area contributed by atoms with Crippen molar-refractivity contribution < 1.29 is 9.13 Å². The smallest absolute Gasteiger partial charge is 0.146 e. The first kappa shape index (κ1) is 14.5. The fourth-order valence-corrected chi connectivity index (χ4v) is 3.73. The van der Waals surface area contributed by atoms with Gasteiger partial charge in [-0.25, -0.2) is 4.39 Å². The molecule has 2 aromatic rings. The second-order valence-electron chi connectivity index (χ2n) is 4.86. The van der Waals surface area contributed by atoms with Crippen LogP contribution in [-0.4, -0.2) is 12.9 Å². The maximum Gasteiger partial charge on any atom is 0.146 e. The van der Waals surface area contributed by atoms with Crippen LogP contribution in [0.5, 0.6) is 5.75 Å². The number of rotatable bonds is 3. The van der Waals surface area contributed by atoms with E-state index in [9.17, 15) is 4.39 Å². The first-order chi connectivity index (χ1) is 10.2. The second kappa shape index (κ2) is 6.16. The van der Waals surface area contributed by atoms with Crippen LogP contribution in [0.1, 0.15) is 18.0 Å². The molecule has 1 heterocycles. The van der Waals surface area contributed by atoms with Gasteiger partial charge in [0.05, 0.1) is 18.8 Å². The average Bonchev–Trinajstić information content (AvgIpc) is 2.50. The van der Waals surface area contributed by atoms with Crippen LogP contribution in [0.15, 0.2) is 41.3 Å². The van der Waals surface area contributed by atoms with Crippen LogP contribution in [0.2, 0.25) is 5.02 Å². The van der Waals surface area contributed by atoms with E-state index >= 15 is 0 Å². The van der Waals surface area contributed by atoms with E-state index < -0.39 is 0 Å².